The highest BCUT2D eigenvalue weighted by atomic mass is 19.4. The largest absolute Gasteiger partial charge is 0.432 e. The topological polar surface area (TPSA) is 90.5 Å². The Bertz CT molecular complexity index is 1110. The van der Waals surface area contributed by atoms with Gasteiger partial charge in [-0.3, -0.25) is 10.4 Å². The number of H-pyrrole nitrogens is 1. The highest BCUT2D eigenvalue weighted by Crippen LogP contribution is 2.37. The number of hydroxylamine groups is 2. The number of alkyl halides is 3. The van der Waals surface area contributed by atoms with Crippen molar-refractivity contribution in [1.82, 2.24) is 15.3 Å². The lowest BCUT2D eigenvalue weighted by molar-refractivity contribution is -0.149. The summed E-state index contributed by atoms with van der Waals surface area (Å²) in [7, 11) is 0. The summed E-state index contributed by atoms with van der Waals surface area (Å²) in [4.78, 5) is 17.4. The second-order valence-corrected chi connectivity index (χ2v) is 7.31. The number of carbonyl (C=O) groups excluding carboxylic acids is 1. The lowest BCUT2D eigenvalue weighted by atomic mass is 9.84. The number of hydrogen-bond acceptors (Lipinski definition) is 5. The van der Waals surface area contributed by atoms with Crippen LogP contribution < -0.4 is 5.32 Å². The van der Waals surface area contributed by atoms with E-state index in [0.29, 0.717) is 11.5 Å². The van der Waals surface area contributed by atoms with Crippen molar-refractivity contribution < 1.29 is 32.3 Å². The van der Waals surface area contributed by atoms with Crippen LogP contribution in [0.15, 0.2) is 42.5 Å². The molecule has 1 aromatic heterocycles. The van der Waals surface area contributed by atoms with E-state index in [0.717, 1.165) is 17.6 Å². The average molecular weight is 438 g/mol. The Hall–Kier alpha value is -3.18. The molecule has 2 aromatic carbocycles. The number of aliphatic hydroxyl groups is 1. The fourth-order valence-electron chi connectivity index (χ4n) is 3.55. The molecule has 0 aliphatic carbocycles. The van der Waals surface area contributed by atoms with Crippen LogP contribution in [0.4, 0.5) is 28.2 Å². The van der Waals surface area contributed by atoms with Crippen LogP contribution in [0.5, 0.6) is 0 Å². The molecule has 7 nitrogen and oxygen atoms in total. The third kappa shape index (κ3) is 4.47. The molecule has 0 bridgehead atoms. The number of aromatic nitrogens is 2. The zero-order valence-corrected chi connectivity index (χ0v) is 16.0. The number of hydrogen-bond donors (Lipinski definition) is 3. The van der Waals surface area contributed by atoms with Crippen LogP contribution in [-0.2, 0) is 16.6 Å². The molecule has 1 saturated heterocycles. The third-order valence-electron chi connectivity index (χ3n) is 5.21. The summed E-state index contributed by atoms with van der Waals surface area (Å²) in [5.74, 6) is -0.795. The van der Waals surface area contributed by atoms with Crippen LogP contribution in [0.2, 0.25) is 0 Å². The molecule has 0 radical (unpaired) electrons. The lowest BCUT2D eigenvalue weighted by Crippen LogP contribution is -2.44. The molecule has 2 heterocycles. The monoisotopic (exact) mass is 438 g/mol. The maximum absolute atomic E-state index is 13.7. The number of nitrogens with zero attached hydrogens (tertiary/aromatic N) is 2. The van der Waals surface area contributed by atoms with E-state index in [1.54, 1.807) is 18.2 Å². The van der Waals surface area contributed by atoms with E-state index >= 15 is 0 Å². The van der Waals surface area contributed by atoms with Crippen molar-refractivity contribution in [2.45, 2.75) is 24.6 Å². The van der Waals surface area contributed by atoms with Crippen molar-refractivity contribution in [2.75, 3.05) is 18.4 Å². The highest BCUT2D eigenvalue weighted by Gasteiger charge is 2.38. The molecule has 1 fully saturated rings. The van der Waals surface area contributed by atoms with E-state index in [1.165, 1.54) is 5.06 Å². The van der Waals surface area contributed by atoms with E-state index in [-0.39, 0.29) is 37.3 Å². The molecular formula is C20H18F4N4O3. The molecular weight excluding hydrogens is 420 g/mol. The Kier molecular flexibility index (Phi) is 5.31. The van der Waals surface area contributed by atoms with Gasteiger partial charge in [-0.1, -0.05) is 12.1 Å². The first-order valence-electron chi connectivity index (χ1n) is 9.42. The molecule has 1 aliphatic heterocycles. The Labute approximate surface area is 173 Å². The van der Waals surface area contributed by atoms with E-state index in [1.807, 2.05) is 6.07 Å². The van der Waals surface area contributed by atoms with Crippen molar-refractivity contribution in [1.29, 1.82) is 0 Å². The Morgan fingerprint density at radius 1 is 1.19 bits per heavy atom. The Balaban J connectivity index is 1.39. The number of benzene rings is 2. The van der Waals surface area contributed by atoms with Gasteiger partial charge in [0, 0.05) is 18.5 Å². The second kappa shape index (κ2) is 7.82. The van der Waals surface area contributed by atoms with Gasteiger partial charge in [-0.25, -0.2) is 9.18 Å². The first kappa shape index (κ1) is 21.1. The minimum Gasteiger partial charge on any atom is -0.385 e. The number of nitrogens with one attached hydrogen (secondary N) is 2. The zero-order valence-electron chi connectivity index (χ0n) is 16.0. The van der Waals surface area contributed by atoms with Gasteiger partial charge in [0.2, 0.25) is 0 Å². The van der Waals surface area contributed by atoms with Gasteiger partial charge < -0.3 is 9.94 Å². The summed E-state index contributed by atoms with van der Waals surface area (Å²) in [6.45, 7) is 0.0895. The minimum atomic E-state index is -4.73. The number of amides is 1. The second-order valence-electron chi connectivity index (χ2n) is 7.31. The quantitative estimate of drug-likeness (QED) is 0.534. The van der Waals surface area contributed by atoms with Crippen LogP contribution in [-0.4, -0.2) is 39.5 Å². The normalized spacial score (nSPS) is 16.9. The minimum absolute atomic E-state index is 0.0447. The molecule has 0 atom stereocenters. The first-order chi connectivity index (χ1) is 14.6. The van der Waals surface area contributed by atoms with Crippen LogP contribution in [0.3, 0.4) is 0 Å². The fourth-order valence-corrected chi connectivity index (χ4v) is 3.55. The van der Waals surface area contributed by atoms with Gasteiger partial charge in [0.25, 0.3) is 0 Å². The van der Waals surface area contributed by atoms with Crippen molar-refractivity contribution in [2.24, 2.45) is 0 Å². The summed E-state index contributed by atoms with van der Waals surface area (Å²) >= 11 is 0. The molecule has 164 valence electrons. The van der Waals surface area contributed by atoms with E-state index in [9.17, 15) is 27.5 Å². The molecule has 4 rings (SSSR count). The summed E-state index contributed by atoms with van der Waals surface area (Å²) < 4.78 is 52.6. The number of para-hydroxylation sites is 1. The number of halogens is 4. The van der Waals surface area contributed by atoms with Crippen LogP contribution >= 0.6 is 0 Å². The van der Waals surface area contributed by atoms with Gasteiger partial charge in [0.15, 0.2) is 5.82 Å². The van der Waals surface area contributed by atoms with E-state index < -0.39 is 29.3 Å². The van der Waals surface area contributed by atoms with Crippen molar-refractivity contribution >= 4 is 22.8 Å². The molecule has 1 amide bonds. The standard InChI is InChI=1S/C20H18F4N4O3/c21-14-10-12(9-13(11-14)20(22,23)24)19(30)5-7-28(8-6-19)31-18(29)25-17-15-3-1-2-4-16(15)26-27-17/h1-4,9-11,30H,5-8H2,(H2,25,26,27,29). The highest BCUT2D eigenvalue weighted by molar-refractivity contribution is 5.96. The van der Waals surface area contributed by atoms with Gasteiger partial charge in [0.05, 0.1) is 16.7 Å². The molecule has 0 spiro atoms. The van der Waals surface area contributed by atoms with Crippen LogP contribution in [0.1, 0.15) is 24.0 Å². The molecule has 0 unspecified atom stereocenters. The zero-order chi connectivity index (χ0) is 22.2. The van der Waals surface area contributed by atoms with Crippen molar-refractivity contribution in [3.8, 4) is 0 Å². The summed E-state index contributed by atoms with van der Waals surface area (Å²) in [6.07, 6.45) is -5.63. The lowest BCUT2D eigenvalue weighted by Gasteiger charge is -2.37. The fraction of sp³-hybridized carbons (Fsp3) is 0.300. The average Bonchev–Trinajstić information content (AvgIpc) is 3.12. The summed E-state index contributed by atoms with van der Waals surface area (Å²) in [5, 5.41) is 22.1. The van der Waals surface area contributed by atoms with Gasteiger partial charge in [0.1, 0.15) is 5.82 Å². The van der Waals surface area contributed by atoms with Crippen LogP contribution in [0, 0.1) is 5.82 Å². The predicted octanol–water partition coefficient (Wildman–Crippen LogP) is 4.17. The van der Waals surface area contributed by atoms with Gasteiger partial charge >= 0.3 is 12.3 Å². The number of carbonyl (C=O) groups is 1. The molecule has 3 N–H and O–H groups in total. The SMILES string of the molecule is O=C(Nc1n[nH]c2ccccc12)ON1CCC(O)(c2cc(F)cc(C(F)(F)F)c2)CC1. The maximum atomic E-state index is 13.7. The number of aromatic amines is 1. The van der Waals surface area contributed by atoms with Crippen LogP contribution in [0.25, 0.3) is 10.9 Å². The molecule has 1 aliphatic rings. The van der Waals surface area contributed by atoms with Gasteiger partial charge in [-0.05, 0) is 48.7 Å². The third-order valence-corrected chi connectivity index (χ3v) is 5.21. The molecule has 31 heavy (non-hydrogen) atoms. The first-order valence-corrected chi connectivity index (χ1v) is 9.42. The molecule has 3 aromatic rings. The van der Waals surface area contributed by atoms with E-state index in [4.69, 9.17) is 4.84 Å². The van der Waals surface area contributed by atoms with Crippen molar-refractivity contribution in [3.05, 3.63) is 59.4 Å². The smallest absolute Gasteiger partial charge is 0.385 e. The number of fused-ring (bicyclic) bond motifs is 1. The molecule has 11 heteroatoms. The number of rotatable bonds is 3. The maximum Gasteiger partial charge on any atom is 0.432 e. The van der Waals surface area contributed by atoms with Gasteiger partial charge in [-0.15, -0.1) is 5.06 Å². The summed E-state index contributed by atoms with van der Waals surface area (Å²) in [6, 6.07) is 9.18. The predicted molar refractivity (Wildman–Crippen MR) is 102 cm³/mol. The summed E-state index contributed by atoms with van der Waals surface area (Å²) in [5.41, 5.74) is -2.27. The van der Waals surface area contributed by atoms with Gasteiger partial charge in [-0.2, -0.15) is 18.3 Å². The number of piperidine rings is 1. The number of anilines is 1. The Morgan fingerprint density at radius 3 is 2.61 bits per heavy atom. The Morgan fingerprint density at radius 2 is 1.90 bits per heavy atom. The van der Waals surface area contributed by atoms with Crippen molar-refractivity contribution in [3.63, 3.8) is 0 Å². The van der Waals surface area contributed by atoms with E-state index in [2.05, 4.69) is 15.5 Å². The molecule has 0 saturated carbocycles.